The van der Waals surface area contributed by atoms with Crippen molar-refractivity contribution in [3.8, 4) is 0 Å². The summed E-state index contributed by atoms with van der Waals surface area (Å²) < 4.78 is 0. The van der Waals surface area contributed by atoms with E-state index in [1.54, 1.807) is 6.07 Å². The highest BCUT2D eigenvalue weighted by Gasteiger charge is 2.29. The lowest BCUT2D eigenvalue weighted by molar-refractivity contribution is -0.117. The number of aryl methyl sites for hydroxylation is 1. The summed E-state index contributed by atoms with van der Waals surface area (Å²) in [6.07, 6.45) is 2.43. The molecule has 0 aliphatic heterocycles. The van der Waals surface area contributed by atoms with Gasteiger partial charge in [0.05, 0.1) is 17.9 Å². The van der Waals surface area contributed by atoms with Gasteiger partial charge in [0.2, 0.25) is 5.91 Å². The Labute approximate surface area is 108 Å². The van der Waals surface area contributed by atoms with E-state index in [1.165, 1.54) is 12.8 Å². The molecule has 1 aliphatic rings. The fourth-order valence-corrected chi connectivity index (χ4v) is 2.16. The Hall–Kier alpha value is -1.55. The largest absolute Gasteiger partial charge is 0.397 e. The van der Waals surface area contributed by atoms with E-state index >= 15 is 0 Å². The van der Waals surface area contributed by atoms with Crippen LogP contribution in [0.3, 0.4) is 0 Å². The van der Waals surface area contributed by atoms with Crippen LogP contribution in [-0.4, -0.2) is 29.9 Å². The van der Waals surface area contributed by atoms with Crippen molar-refractivity contribution in [1.29, 1.82) is 0 Å². The molecule has 1 aliphatic carbocycles. The summed E-state index contributed by atoms with van der Waals surface area (Å²) in [6, 6.07) is 6.25. The molecule has 3 N–H and O–H groups in total. The minimum atomic E-state index is 0.0183. The number of carbonyl (C=O) groups excluding carboxylic acids is 1. The first-order chi connectivity index (χ1) is 8.61. The lowest BCUT2D eigenvalue weighted by Crippen LogP contribution is -2.35. The van der Waals surface area contributed by atoms with E-state index in [-0.39, 0.29) is 5.91 Å². The van der Waals surface area contributed by atoms with Crippen LogP contribution in [0.4, 0.5) is 11.4 Å². The van der Waals surface area contributed by atoms with Crippen LogP contribution < -0.4 is 11.1 Å². The molecule has 1 fully saturated rings. The van der Waals surface area contributed by atoms with Gasteiger partial charge in [0, 0.05) is 6.04 Å². The molecule has 1 saturated carbocycles. The molecule has 0 saturated heterocycles. The second-order valence-corrected chi connectivity index (χ2v) is 4.88. The molecule has 18 heavy (non-hydrogen) atoms. The lowest BCUT2D eigenvalue weighted by Gasteiger charge is -2.19. The Kier molecular flexibility index (Phi) is 3.87. The van der Waals surface area contributed by atoms with Gasteiger partial charge in [-0.1, -0.05) is 19.1 Å². The molecular weight excluding hydrogens is 226 g/mol. The van der Waals surface area contributed by atoms with Crippen molar-refractivity contribution in [2.24, 2.45) is 0 Å². The van der Waals surface area contributed by atoms with Crippen LogP contribution in [0.5, 0.6) is 0 Å². The van der Waals surface area contributed by atoms with Crippen LogP contribution in [-0.2, 0) is 4.79 Å². The van der Waals surface area contributed by atoms with Gasteiger partial charge in [-0.2, -0.15) is 0 Å². The maximum atomic E-state index is 12.0. The summed E-state index contributed by atoms with van der Waals surface area (Å²) in [4.78, 5) is 14.2. The number of nitrogen functional groups attached to an aromatic ring is 1. The summed E-state index contributed by atoms with van der Waals surface area (Å²) in [7, 11) is 0. The van der Waals surface area contributed by atoms with Crippen molar-refractivity contribution in [3.63, 3.8) is 0 Å². The van der Waals surface area contributed by atoms with Crippen LogP contribution in [0.15, 0.2) is 18.2 Å². The first kappa shape index (κ1) is 12.9. The van der Waals surface area contributed by atoms with Gasteiger partial charge in [0.25, 0.3) is 0 Å². The zero-order valence-corrected chi connectivity index (χ0v) is 11.1. The summed E-state index contributed by atoms with van der Waals surface area (Å²) in [5, 5.41) is 2.92. The summed E-state index contributed by atoms with van der Waals surface area (Å²) in [6.45, 7) is 5.41. The van der Waals surface area contributed by atoms with E-state index in [4.69, 9.17) is 5.73 Å². The van der Waals surface area contributed by atoms with Crippen molar-refractivity contribution in [1.82, 2.24) is 4.90 Å². The average molecular weight is 247 g/mol. The van der Waals surface area contributed by atoms with Gasteiger partial charge in [0.1, 0.15) is 0 Å². The van der Waals surface area contributed by atoms with Crippen LogP contribution in [0.25, 0.3) is 0 Å². The van der Waals surface area contributed by atoms with Crippen molar-refractivity contribution >= 4 is 17.3 Å². The number of likely N-dealkylation sites (N-methyl/N-ethyl adjacent to an activating group) is 1. The van der Waals surface area contributed by atoms with E-state index in [2.05, 4.69) is 17.1 Å². The van der Waals surface area contributed by atoms with Crippen LogP contribution in [0, 0.1) is 6.92 Å². The Morgan fingerprint density at radius 3 is 2.78 bits per heavy atom. The quantitative estimate of drug-likeness (QED) is 0.782. The number of anilines is 2. The monoisotopic (exact) mass is 247 g/mol. The standard InChI is InChI=1S/C14H21N3O/c1-3-17(11-7-8-11)9-13(18)16-14-10(2)5-4-6-12(14)15/h4-6,11H,3,7-9,15H2,1-2H3,(H,16,18). The SMILES string of the molecule is CCN(CC(=O)Nc1c(C)cccc1N)C1CC1. The number of benzene rings is 1. The molecule has 98 valence electrons. The molecule has 0 spiro atoms. The van der Waals surface area contributed by atoms with Gasteiger partial charge in [-0.3, -0.25) is 9.69 Å². The Bertz CT molecular complexity index is 420. The van der Waals surface area contributed by atoms with Gasteiger partial charge in [-0.05, 0) is 37.9 Å². The smallest absolute Gasteiger partial charge is 0.238 e. The number of nitrogens with two attached hydrogens (primary N) is 1. The van der Waals surface area contributed by atoms with E-state index in [9.17, 15) is 4.79 Å². The number of carbonyl (C=O) groups is 1. The van der Waals surface area contributed by atoms with Crippen molar-refractivity contribution in [2.45, 2.75) is 32.7 Å². The van der Waals surface area contributed by atoms with Crippen LogP contribution in [0.1, 0.15) is 25.3 Å². The number of para-hydroxylation sites is 1. The molecule has 0 atom stereocenters. The van der Waals surface area contributed by atoms with Gasteiger partial charge < -0.3 is 11.1 Å². The fraction of sp³-hybridized carbons (Fsp3) is 0.500. The molecular formula is C14H21N3O. The summed E-state index contributed by atoms with van der Waals surface area (Å²) >= 11 is 0. The maximum absolute atomic E-state index is 12.0. The third-order valence-corrected chi connectivity index (χ3v) is 3.39. The molecule has 1 amide bonds. The normalized spacial score (nSPS) is 14.8. The summed E-state index contributed by atoms with van der Waals surface area (Å²) in [5.41, 5.74) is 8.24. The number of amides is 1. The predicted octanol–water partition coefficient (Wildman–Crippen LogP) is 2.00. The van der Waals surface area contributed by atoms with E-state index in [1.807, 2.05) is 19.1 Å². The molecule has 0 radical (unpaired) electrons. The predicted molar refractivity (Wildman–Crippen MR) is 74.5 cm³/mol. The molecule has 0 aromatic heterocycles. The van der Waals surface area contributed by atoms with Crippen LogP contribution in [0.2, 0.25) is 0 Å². The molecule has 0 unspecified atom stereocenters. The Balaban J connectivity index is 1.98. The van der Waals surface area contributed by atoms with Crippen LogP contribution >= 0.6 is 0 Å². The van der Waals surface area contributed by atoms with Gasteiger partial charge >= 0.3 is 0 Å². The average Bonchev–Trinajstić information content (AvgIpc) is 3.15. The second-order valence-electron chi connectivity index (χ2n) is 4.88. The third kappa shape index (κ3) is 3.01. The Morgan fingerprint density at radius 1 is 1.50 bits per heavy atom. The molecule has 0 heterocycles. The van der Waals surface area contributed by atoms with Gasteiger partial charge in [-0.15, -0.1) is 0 Å². The van der Waals surface area contributed by atoms with Crippen molar-refractivity contribution in [3.05, 3.63) is 23.8 Å². The lowest BCUT2D eigenvalue weighted by atomic mass is 10.1. The minimum absolute atomic E-state index is 0.0183. The van der Waals surface area contributed by atoms with E-state index in [0.29, 0.717) is 18.3 Å². The van der Waals surface area contributed by atoms with Crippen molar-refractivity contribution < 1.29 is 4.79 Å². The molecule has 1 aromatic carbocycles. The number of hydrogen-bond acceptors (Lipinski definition) is 3. The molecule has 2 rings (SSSR count). The minimum Gasteiger partial charge on any atom is -0.397 e. The molecule has 4 nitrogen and oxygen atoms in total. The van der Waals surface area contributed by atoms with Gasteiger partial charge in [-0.25, -0.2) is 0 Å². The highest BCUT2D eigenvalue weighted by atomic mass is 16.2. The fourth-order valence-electron chi connectivity index (χ4n) is 2.16. The first-order valence-electron chi connectivity index (χ1n) is 6.50. The topological polar surface area (TPSA) is 58.4 Å². The highest BCUT2D eigenvalue weighted by molar-refractivity contribution is 5.96. The molecule has 1 aromatic rings. The third-order valence-electron chi connectivity index (χ3n) is 3.39. The number of nitrogens with zero attached hydrogens (tertiary/aromatic N) is 1. The number of hydrogen-bond donors (Lipinski definition) is 2. The van der Waals surface area contributed by atoms with E-state index in [0.717, 1.165) is 17.8 Å². The molecule has 4 heteroatoms. The second kappa shape index (κ2) is 5.40. The van der Waals surface area contributed by atoms with E-state index < -0.39 is 0 Å². The summed E-state index contributed by atoms with van der Waals surface area (Å²) in [5.74, 6) is 0.0183. The number of nitrogens with one attached hydrogen (secondary N) is 1. The van der Waals surface area contributed by atoms with Crippen molar-refractivity contribution in [2.75, 3.05) is 24.1 Å². The van der Waals surface area contributed by atoms with Gasteiger partial charge in [0.15, 0.2) is 0 Å². The zero-order chi connectivity index (χ0) is 13.1. The molecule has 0 bridgehead atoms. The number of rotatable bonds is 5. The first-order valence-corrected chi connectivity index (χ1v) is 6.50. The maximum Gasteiger partial charge on any atom is 0.238 e. The zero-order valence-electron chi connectivity index (χ0n) is 11.1. The highest BCUT2D eigenvalue weighted by Crippen LogP contribution is 2.27. The Morgan fingerprint density at radius 2 is 2.22 bits per heavy atom.